The summed E-state index contributed by atoms with van der Waals surface area (Å²) in [5.74, 6) is 0.0656. The molecule has 0 unspecified atom stereocenters. The van der Waals surface area contributed by atoms with Crippen molar-refractivity contribution in [3.05, 3.63) is 36.7 Å². The molecule has 4 rings (SSSR count). The van der Waals surface area contributed by atoms with E-state index in [2.05, 4.69) is 44.5 Å². The second kappa shape index (κ2) is 8.11. The van der Waals surface area contributed by atoms with Crippen LogP contribution in [-0.2, 0) is 11.5 Å². The molecule has 7 nitrogen and oxygen atoms in total. The van der Waals surface area contributed by atoms with Gasteiger partial charge in [-0.3, -0.25) is 5.10 Å². The van der Waals surface area contributed by atoms with E-state index in [0.29, 0.717) is 40.2 Å². The van der Waals surface area contributed by atoms with Gasteiger partial charge in [0.25, 0.3) is 0 Å². The van der Waals surface area contributed by atoms with Gasteiger partial charge in [0, 0.05) is 26.3 Å². The fourth-order valence-electron chi connectivity index (χ4n) is 3.09. The number of H-pyrrole nitrogens is 1. The fraction of sp³-hybridized carbons (Fsp3) is 0.350. The molecule has 0 atom stereocenters. The Morgan fingerprint density at radius 3 is 2.80 bits per heavy atom. The summed E-state index contributed by atoms with van der Waals surface area (Å²) in [6.45, 7) is 5.20. The summed E-state index contributed by atoms with van der Waals surface area (Å²) in [6, 6.07) is 7.60. The number of fused-ring (bicyclic) bond motifs is 2. The van der Waals surface area contributed by atoms with Crippen molar-refractivity contribution in [2.24, 2.45) is 0 Å². The maximum absolute atomic E-state index is 12.5. The molecule has 158 valence electrons. The Bertz CT molecular complexity index is 1170. The lowest BCUT2D eigenvalue weighted by atomic mass is 10.1. The highest BCUT2D eigenvalue weighted by Gasteiger charge is 2.15. The Labute approximate surface area is 173 Å². The van der Waals surface area contributed by atoms with Gasteiger partial charge in [0.2, 0.25) is 0 Å². The molecular weight excluding hydrogens is 408 g/mol. The molecule has 0 saturated carbocycles. The third-order valence-electron chi connectivity index (χ3n) is 4.69. The minimum Gasteiger partial charge on any atom is -0.435 e. The maximum Gasteiger partial charge on any atom is 0.387 e. The van der Waals surface area contributed by atoms with Gasteiger partial charge < -0.3 is 14.0 Å². The van der Waals surface area contributed by atoms with Crippen molar-refractivity contribution in [1.82, 2.24) is 24.7 Å². The number of nitrogens with zero attached hydrogens (tertiary/aromatic N) is 4. The monoisotopic (exact) mass is 431 g/mol. The van der Waals surface area contributed by atoms with Crippen molar-refractivity contribution in [2.45, 2.75) is 39.0 Å². The summed E-state index contributed by atoms with van der Waals surface area (Å²) >= 11 is 0. The largest absolute Gasteiger partial charge is 0.435 e. The van der Waals surface area contributed by atoms with Gasteiger partial charge in [0.05, 0.1) is 11.7 Å². The first-order valence-corrected chi connectivity index (χ1v) is 13.3. The zero-order valence-corrected chi connectivity index (χ0v) is 18.0. The number of aromatic amines is 1. The Balaban J connectivity index is 1.57. The van der Waals surface area contributed by atoms with Gasteiger partial charge in [-0.25, -0.2) is 9.97 Å². The lowest BCUT2D eigenvalue weighted by Gasteiger charge is -2.15. The average Bonchev–Trinajstić information content (AvgIpc) is 3.27. The number of aromatic nitrogens is 5. The number of hydrogen-bond acceptors (Lipinski definition) is 5. The van der Waals surface area contributed by atoms with Gasteiger partial charge >= 0.3 is 6.61 Å². The average molecular weight is 432 g/mol. The van der Waals surface area contributed by atoms with Crippen LogP contribution in [0.3, 0.4) is 0 Å². The van der Waals surface area contributed by atoms with E-state index >= 15 is 0 Å². The normalized spacial score (nSPS) is 12.3. The lowest BCUT2D eigenvalue weighted by molar-refractivity contribution is -0.0497. The van der Waals surface area contributed by atoms with E-state index in [1.807, 2.05) is 16.8 Å². The Morgan fingerprint density at radius 1 is 1.20 bits per heavy atom. The predicted octanol–water partition coefficient (Wildman–Crippen LogP) is 4.89. The van der Waals surface area contributed by atoms with Crippen molar-refractivity contribution >= 4 is 30.1 Å². The molecule has 10 heteroatoms. The highest BCUT2D eigenvalue weighted by Crippen LogP contribution is 2.29. The molecule has 30 heavy (non-hydrogen) atoms. The number of hydrogen-bond donors (Lipinski definition) is 1. The predicted molar refractivity (Wildman–Crippen MR) is 113 cm³/mol. The van der Waals surface area contributed by atoms with E-state index in [1.54, 1.807) is 12.3 Å². The molecule has 0 bridgehead atoms. The molecule has 3 heterocycles. The van der Waals surface area contributed by atoms with Gasteiger partial charge in [-0.2, -0.15) is 13.9 Å². The van der Waals surface area contributed by atoms with Crippen LogP contribution in [0.5, 0.6) is 5.75 Å². The summed E-state index contributed by atoms with van der Waals surface area (Å²) in [7, 11) is -1.13. The first-order chi connectivity index (χ1) is 14.3. The summed E-state index contributed by atoms with van der Waals surface area (Å²) in [6.07, 6.45) is 3.51. The SMILES string of the molecule is C[Si](C)(C)CCOCn1ccc2nc(-c3n[nH]c4ccc(OC(F)F)cc34)cnc21. The van der Waals surface area contributed by atoms with Gasteiger partial charge in [-0.15, -0.1) is 0 Å². The Hall–Kier alpha value is -2.85. The number of benzene rings is 1. The standard InChI is InChI=1S/C20H23F2N5O2Si/c1-30(2,3)9-8-28-12-27-7-6-16-19(27)23-11-17(24-16)18-14-10-13(29-20(21)22)4-5-15(14)25-26-18/h4-7,10-11,20H,8-9,12H2,1-3H3,(H,25,26). The molecular formula is C20H23F2N5O2Si. The Morgan fingerprint density at radius 2 is 2.03 bits per heavy atom. The summed E-state index contributed by atoms with van der Waals surface area (Å²) in [5, 5.41) is 7.80. The topological polar surface area (TPSA) is 77.8 Å². The highest BCUT2D eigenvalue weighted by atomic mass is 28.3. The molecule has 0 aliphatic carbocycles. The molecule has 1 aromatic carbocycles. The molecule has 0 spiro atoms. The van der Waals surface area contributed by atoms with Crippen molar-refractivity contribution in [3.63, 3.8) is 0 Å². The minimum absolute atomic E-state index is 0.0656. The van der Waals surface area contributed by atoms with Crippen LogP contribution < -0.4 is 4.74 Å². The second-order valence-electron chi connectivity index (χ2n) is 8.26. The van der Waals surface area contributed by atoms with Crippen LogP contribution >= 0.6 is 0 Å². The first-order valence-electron chi connectivity index (χ1n) is 9.63. The summed E-state index contributed by atoms with van der Waals surface area (Å²) in [5.41, 5.74) is 3.19. The smallest absolute Gasteiger partial charge is 0.387 e. The van der Waals surface area contributed by atoms with Crippen molar-refractivity contribution in [1.29, 1.82) is 0 Å². The third-order valence-corrected chi connectivity index (χ3v) is 6.40. The van der Waals surface area contributed by atoms with E-state index in [9.17, 15) is 8.78 Å². The van der Waals surface area contributed by atoms with Crippen LogP contribution in [0.25, 0.3) is 33.5 Å². The molecule has 0 fully saturated rings. The van der Waals surface area contributed by atoms with Crippen molar-refractivity contribution < 1.29 is 18.3 Å². The fourth-order valence-corrected chi connectivity index (χ4v) is 3.84. The summed E-state index contributed by atoms with van der Waals surface area (Å²) in [4.78, 5) is 9.17. The number of alkyl halides is 2. The Kier molecular flexibility index (Phi) is 5.52. The molecule has 1 N–H and O–H groups in total. The molecule has 4 aromatic rings. The third kappa shape index (κ3) is 4.49. The van der Waals surface area contributed by atoms with E-state index in [-0.39, 0.29) is 5.75 Å². The van der Waals surface area contributed by atoms with Gasteiger partial charge in [-0.05, 0) is 30.3 Å². The molecule has 0 saturated heterocycles. The molecule has 0 radical (unpaired) electrons. The van der Waals surface area contributed by atoms with Crippen LogP contribution in [0, 0.1) is 0 Å². The number of ether oxygens (including phenoxy) is 2. The molecule has 0 aliphatic heterocycles. The van der Waals surface area contributed by atoms with E-state index in [1.165, 1.54) is 12.1 Å². The van der Waals surface area contributed by atoms with Gasteiger partial charge in [-0.1, -0.05) is 19.6 Å². The second-order valence-corrected chi connectivity index (χ2v) is 13.9. The van der Waals surface area contributed by atoms with E-state index in [4.69, 9.17) is 4.74 Å². The van der Waals surface area contributed by atoms with Crippen molar-refractivity contribution in [2.75, 3.05) is 6.61 Å². The molecule has 3 aromatic heterocycles. The van der Waals surface area contributed by atoms with Crippen LogP contribution in [0.2, 0.25) is 25.7 Å². The molecule has 0 amide bonds. The number of rotatable bonds is 8. The van der Waals surface area contributed by atoms with E-state index in [0.717, 1.165) is 12.7 Å². The number of halogens is 2. The summed E-state index contributed by atoms with van der Waals surface area (Å²) < 4.78 is 37.3. The highest BCUT2D eigenvalue weighted by molar-refractivity contribution is 6.76. The van der Waals surface area contributed by atoms with Crippen LogP contribution in [0.4, 0.5) is 8.78 Å². The van der Waals surface area contributed by atoms with Crippen LogP contribution in [0.1, 0.15) is 0 Å². The number of nitrogens with one attached hydrogen (secondary N) is 1. The maximum atomic E-state index is 12.5. The molecule has 0 aliphatic rings. The van der Waals surface area contributed by atoms with Crippen molar-refractivity contribution in [3.8, 4) is 17.1 Å². The first kappa shape index (κ1) is 20.4. The lowest BCUT2D eigenvalue weighted by Crippen LogP contribution is -2.22. The van der Waals surface area contributed by atoms with Gasteiger partial charge in [0.15, 0.2) is 5.65 Å². The van der Waals surface area contributed by atoms with Crippen LogP contribution in [0.15, 0.2) is 36.7 Å². The zero-order chi connectivity index (χ0) is 21.3. The van der Waals surface area contributed by atoms with E-state index < -0.39 is 14.7 Å². The zero-order valence-electron chi connectivity index (χ0n) is 17.0. The minimum atomic E-state index is -2.89. The quantitative estimate of drug-likeness (QED) is 0.318. The van der Waals surface area contributed by atoms with Crippen LogP contribution in [-0.4, -0.2) is 46.0 Å². The van der Waals surface area contributed by atoms with Gasteiger partial charge in [0.1, 0.15) is 29.4 Å².